The Bertz CT molecular complexity index is 1140. The zero-order valence-electron chi connectivity index (χ0n) is 25.2. The number of hydrogen-bond acceptors (Lipinski definition) is 12. The average Bonchev–Trinajstić information content (AvgIpc) is 2.96. The van der Waals surface area contributed by atoms with Gasteiger partial charge in [-0.25, -0.2) is 8.42 Å². The first-order chi connectivity index (χ1) is 20.5. The number of benzene rings is 2. The lowest BCUT2D eigenvalue weighted by molar-refractivity contribution is 0.0159. The molecule has 0 aliphatic heterocycles. The molecule has 0 amide bonds. The lowest BCUT2D eigenvalue weighted by Crippen LogP contribution is -2.14. The van der Waals surface area contributed by atoms with E-state index in [9.17, 15) is 16.8 Å². The second-order valence-electron chi connectivity index (χ2n) is 8.50. The van der Waals surface area contributed by atoms with Gasteiger partial charge in [-0.05, 0) is 38.1 Å². The molecule has 0 saturated carbocycles. The van der Waals surface area contributed by atoms with Gasteiger partial charge in [-0.15, -0.1) is 0 Å². The van der Waals surface area contributed by atoms with Gasteiger partial charge in [0, 0.05) is 24.9 Å². The van der Waals surface area contributed by atoms with E-state index in [4.69, 9.17) is 48.4 Å². The highest BCUT2D eigenvalue weighted by Gasteiger charge is 2.14. The number of methoxy groups -OCH3 is 2. The monoisotopic (exact) mass is 672 g/mol. The summed E-state index contributed by atoms with van der Waals surface area (Å²) in [7, 11) is 1.06. The van der Waals surface area contributed by atoms with Gasteiger partial charge in [-0.2, -0.15) is 8.42 Å². The molecular formula is C28H45ClO12S2. The fourth-order valence-corrected chi connectivity index (χ4v) is 4.33. The van der Waals surface area contributed by atoms with E-state index in [1.165, 1.54) is 24.3 Å². The fraction of sp³-hybridized carbons (Fsp3) is 0.571. The van der Waals surface area contributed by atoms with Gasteiger partial charge in [0.2, 0.25) is 0 Å². The molecule has 43 heavy (non-hydrogen) atoms. The first-order valence-corrected chi connectivity index (χ1v) is 17.1. The summed E-state index contributed by atoms with van der Waals surface area (Å²) in [5.41, 5.74) is 2.00. The van der Waals surface area contributed by atoms with Crippen molar-refractivity contribution < 1.29 is 54.5 Å². The summed E-state index contributed by atoms with van der Waals surface area (Å²) >= 11 is 0. The molecule has 0 heterocycles. The number of aliphatic hydroxyl groups excluding tert-OH is 1. The van der Waals surface area contributed by atoms with E-state index in [1.54, 1.807) is 38.5 Å². The Morgan fingerprint density at radius 2 is 0.907 bits per heavy atom. The Hall–Kier alpha value is -1.69. The molecule has 0 radical (unpaired) electrons. The number of rotatable bonds is 20. The highest BCUT2D eigenvalue weighted by Crippen LogP contribution is 2.14. The number of ether oxygens (including phenoxy) is 6. The third-order valence-electron chi connectivity index (χ3n) is 4.92. The van der Waals surface area contributed by atoms with E-state index in [0.29, 0.717) is 59.5 Å². The number of aryl methyl sites for hydroxylation is 2. The summed E-state index contributed by atoms with van der Waals surface area (Å²) in [4.78, 5) is 0.292. The minimum atomic E-state index is -3.71. The molecular weight excluding hydrogens is 628 g/mol. The third kappa shape index (κ3) is 23.4. The van der Waals surface area contributed by atoms with Crippen molar-refractivity contribution in [1.29, 1.82) is 0 Å². The summed E-state index contributed by atoms with van der Waals surface area (Å²) in [5.74, 6) is 0. The van der Waals surface area contributed by atoms with Crippen LogP contribution in [0.1, 0.15) is 11.1 Å². The van der Waals surface area contributed by atoms with Gasteiger partial charge in [-0.3, -0.25) is 4.18 Å². The van der Waals surface area contributed by atoms with Gasteiger partial charge >= 0.3 is 0 Å². The van der Waals surface area contributed by atoms with E-state index >= 15 is 0 Å². The maximum absolute atomic E-state index is 11.8. The van der Waals surface area contributed by atoms with Crippen molar-refractivity contribution in [2.24, 2.45) is 0 Å². The molecule has 0 spiro atoms. The summed E-state index contributed by atoms with van der Waals surface area (Å²) in [6.07, 6.45) is 0. The average molecular weight is 673 g/mol. The Morgan fingerprint density at radius 1 is 0.558 bits per heavy atom. The van der Waals surface area contributed by atoms with Crippen LogP contribution >= 0.6 is 10.7 Å². The molecule has 2 aromatic carbocycles. The molecule has 1 N–H and O–H groups in total. The van der Waals surface area contributed by atoms with Crippen LogP contribution in [0.4, 0.5) is 0 Å². The van der Waals surface area contributed by atoms with E-state index in [2.05, 4.69) is 0 Å². The van der Waals surface area contributed by atoms with Gasteiger partial charge in [0.25, 0.3) is 19.2 Å². The highest BCUT2D eigenvalue weighted by molar-refractivity contribution is 8.13. The van der Waals surface area contributed by atoms with Gasteiger partial charge in [0.1, 0.15) is 0 Å². The molecule has 0 aromatic heterocycles. The lowest BCUT2D eigenvalue weighted by atomic mass is 10.2. The van der Waals surface area contributed by atoms with E-state index in [0.717, 1.165) is 11.1 Å². The van der Waals surface area contributed by atoms with Crippen LogP contribution in [-0.2, 0) is 51.8 Å². The molecule has 0 aliphatic rings. The maximum atomic E-state index is 11.8. The van der Waals surface area contributed by atoms with Crippen LogP contribution in [0.15, 0.2) is 58.3 Å². The first-order valence-electron chi connectivity index (χ1n) is 13.3. The molecule has 0 fully saturated rings. The Morgan fingerprint density at radius 3 is 1.28 bits per heavy atom. The minimum Gasteiger partial charge on any atom is -0.394 e. The van der Waals surface area contributed by atoms with Crippen LogP contribution in [0, 0.1) is 13.8 Å². The third-order valence-corrected chi connectivity index (χ3v) is 7.62. The second-order valence-corrected chi connectivity index (χ2v) is 12.7. The summed E-state index contributed by atoms with van der Waals surface area (Å²) in [5, 5.41) is 8.32. The van der Waals surface area contributed by atoms with Gasteiger partial charge in [0.05, 0.1) is 89.1 Å². The van der Waals surface area contributed by atoms with Crippen molar-refractivity contribution in [3.05, 3.63) is 59.7 Å². The molecule has 2 rings (SSSR count). The smallest absolute Gasteiger partial charge is 0.297 e. The van der Waals surface area contributed by atoms with Gasteiger partial charge < -0.3 is 33.5 Å². The highest BCUT2D eigenvalue weighted by atomic mass is 35.7. The molecule has 0 atom stereocenters. The first kappa shape index (κ1) is 41.3. The van der Waals surface area contributed by atoms with E-state index < -0.39 is 19.2 Å². The number of hydrogen-bond donors (Lipinski definition) is 1. The Labute approximate surface area is 260 Å². The molecule has 0 unspecified atom stereocenters. The van der Waals surface area contributed by atoms with Crippen LogP contribution in [0.2, 0.25) is 0 Å². The van der Waals surface area contributed by atoms with Crippen molar-refractivity contribution in [3.8, 4) is 0 Å². The number of halogens is 1. The van der Waals surface area contributed by atoms with E-state index in [1.807, 2.05) is 13.8 Å². The van der Waals surface area contributed by atoms with Crippen LogP contribution in [0.25, 0.3) is 0 Å². The van der Waals surface area contributed by atoms with Gasteiger partial charge in [-0.1, -0.05) is 35.4 Å². The van der Waals surface area contributed by atoms with E-state index in [-0.39, 0.29) is 29.6 Å². The van der Waals surface area contributed by atoms with Crippen molar-refractivity contribution >= 4 is 29.9 Å². The topological polar surface area (TPSA) is 153 Å². The molecule has 12 nitrogen and oxygen atoms in total. The van der Waals surface area contributed by atoms with Crippen molar-refractivity contribution in [2.45, 2.75) is 23.6 Å². The van der Waals surface area contributed by atoms with Gasteiger partial charge in [0.15, 0.2) is 0 Å². The quantitative estimate of drug-likeness (QED) is 0.125. The molecule has 0 aliphatic carbocycles. The predicted octanol–water partition coefficient (Wildman–Crippen LogP) is 2.96. The van der Waals surface area contributed by atoms with Crippen LogP contribution < -0.4 is 0 Å². The summed E-state index contributed by atoms with van der Waals surface area (Å²) < 4.78 is 80.0. The molecule has 248 valence electrons. The zero-order chi connectivity index (χ0) is 32.4. The largest absolute Gasteiger partial charge is 0.394 e. The SMILES string of the molecule is COCCOCCOCCO.COCCOCCOCCOS(=O)(=O)c1ccc(C)cc1.Cc1ccc(S(=O)(=O)Cl)cc1. The zero-order valence-corrected chi connectivity index (χ0v) is 27.6. The van der Waals surface area contributed by atoms with Crippen LogP contribution in [0.5, 0.6) is 0 Å². The fourth-order valence-electron chi connectivity index (χ4n) is 2.67. The predicted molar refractivity (Wildman–Crippen MR) is 163 cm³/mol. The minimum absolute atomic E-state index is 0.0196. The Balaban J connectivity index is 0.000000677. The summed E-state index contributed by atoms with van der Waals surface area (Å²) in [6.45, 7) is 8.57. The maximum Gasteiger partial charge on any atom is 0.297 e. The second kappa shape index (κ2) is 25.6. The van der Waals surface area contributed by atoms with Crippen molar-refractivity contribution in [1.82, 2.24) is 0 Å². The Kier molecular flexibility index (Phi) is 24.6. The normalized spacial score (nSPS) is 11.3. The molecule has 2 aromatic rings. The van der Waals surface area contributed by atoms with Crippen molar-refractivity contribution in [3.63, 3.8) is 0 Å². The molecule has 0 bridgehead atoms. The van der Waals surface area contributed by atoms with Crippen LogP contribution in [-0.4, -0.2) is 115 Å². The standard InChI is InChI=1S/C14H22O6S.C7H7ClO2S.C7H16O4/c1-13-3-5-14(6-4-13)21(15,16)20-12-11-19-10-9-18-8-7-17-2;1-6-2-4-7(5-3-6)11(8,9)10;1-9-4-5-11-7-6-10-3-2-8/h3-6H,7-12H2,1-2H3;2-5H,1H3;8H,2-7H2,1H3. The van der Waals surface area contributed by atoms with Crippen molar-refractivity contribution in [2.75, 3.05) is 93.5 Å². The molecule has 15 heteroatoms. The summed E-state index contributed by atoms with van der Waals surface area (Å²) in [6, 6.07) is 12.9. The lowest BCUT2D eigenvalue weighted by Gasteiger charge is -2.07. The number of aliphatic hydroxyl groups is 1. The van der Waals surface area contributed by atoms with Crippen LogP contribution in [0.3, 0.4) is 0 Å². The molecule has 0 saturated heterocycles.